The van der Waals surface area contributed by atoms with Crippen LogP contribution in [0.25, 0.3) is 11.6 Å². The van der Waals surface area contributed by atoms with E-state index >= 15 is 0 Å². The maximum absolute atomic E-state index is 12.2. The third-order valence-electron chi connectivity index (χ3n) is 3.41. The zero-order valence-electron chi connectivity index (χ0n) is 12.1. The molecule has 0 radical (unpaired) electrons. The van der Waals surface area contributed by atoms with Crippen LogP contribution in [0.2, 0.25) is 0 Å². The van der Waals surface area contributed by atoms with Crippen molar-refractivity contribution in [3.63, 3.8) is 0 Å². The number of amides is 2. The number of hydrogen-bond donors (Lipinski definition) is 1. The molecule has 3 rings (SSSR count). The van der Waals surface area contributed by atoms with Crippen molar-refractivity contribution in [3.8, 4) is 5.75 Å². The molecule has 22 heavy (non-hydrogen) atoms. The lowest BCUT2D eigenvalue weighted by Gasteiger charge is -2.18. The van der Waals surface area contributed by atoms with Gasteiger partial charge in [0, 0.05) is 11.1 Å². The molecule has 1 heterocycles. The number of hydrogen-bond acceptors (Lipinski definition) is 3. The van der Waals surface area contributed by atoms with E-state index in [-0.39, 0.29) is 11.8 Å². The van der Waals surface area contributed by atoms with Crippen LogP contribution in [-0.4, -0.2) is 18.4 Å². The lowest BCUT2D eigenvalue weighted by Crippen LogP contribution is -2.36. The number of carbonyl (C=O) groups excluding carboxylic acids is 2. The summed E-state index contributed by atoms with van der Waals surface area (Å²) in [6, 6.07) is 14.6. The van der Waals surface area contributed by atoms with Crippen molar-refractivity contribution in [3.05, 3.63) is 65.2 Å². The second-order valence-corrected chi connectivity index (χ2v) is 4.89. The zero-order valence-corrected chi connectivity index (χ0v) is 12.1. The Labute approximate surface area is 128 Å². The van der Waals surface area contributed by atoms with Crippen LogP contribution >= 0.6 is 0 Å². The van der Waals surface area contributed by atoms with E-state index in [1.807, 2.05) is 37.3 Å². The van der Waals surface area contributed by atoms with Gasteiger partial charge in [0.15, 0.2) is 0 Å². The van der Waals surface area contributed by atoms with Gasteiger partial charge in [-0.2, -0.15) is 0 Å². The first-order chi connectivity index (χ1) is 10.7. The Hall–Kier alpha value is -2.88. The summed E-state index contributed by atoms with van der Waals surface area (Å²) in [5.74, 6) is 0.00348. The molecule has 0 fully saturated rings. The summed E-state index contributed by atoms with van der Waals surface area (Å²) in [5.41, 5.74) is 2.48. The predicted molar refractivity (Wildman–Crippen MR) is 84.4 cm³/mol. The molecular weight excluding hydrogens is 278 g/mol. The number of ether oxygens (including phenoxy) is 1. The Bertz CT molecular complexity index is 777. The monoisotopic (exact) mass is 293 g/mol. The molecule has 0 spiro atoms. The third kappa shape index (κ3) is 2.63. The van der Waals surface area contributed by atoms with E-state index in [0.29, 0.717) is 23.3 Å². The number of nitrogens with one attached hydrogen (secondary N) is 1. The minimum Gasteiger partial charge on any atom is -0.494 e. The van der Waals surface area contributed by atoms with Gasteiger partial charge in [0.25, 0.3) is 11.8 Å². The van der Waals surface area contributed by atoms with Crippen molar-refractivity contribution in [2.45, 2.75) is 6.92 Å². The lowest BCUT2D eigenvalue weighted by molar-refractivity contribution is -0.114. The molecule has 2 aromatic carbocycles. The van der Waals surface area contributed by atoms with Crippen molar-refractivity contribution >= 4 is 23.5 Å². The van der Waals surface area contributed by atoms with Gasteiger partial charge in [-0.25, -0.2) is 0 Å². The van der Waals surface area contributed by atoms with Gasteiger partial charge >= 0.3 is 0 Å². The van der Waals surface area contributed by atoms with Gasteiger partial charge in [0.1, 0.15) is 5.75 Å². The van der Waals surface area contributed by atoms with Crippen LogP contribution in [0.15, 0.2) is 48.5 Å². The normalized spacial score (nSPS) is 15.4. The fourth-order valence-corrected chi connectivity index (χ4v) is 2.45. The number of benzene rings is 2. The van der Waals surface area contributed by atoms with Crippen molar-refractivity contribution in [2.24, 2.45) is 0 Å². The van der Waals surface area contributed by atoms with Gasteiger partial charge in [-0.05, 0) is 42.3 Å². The minimum absolute atomic E-state index is 0.360. The van der Waals surface area contributed by atoms with Crippen LogP contribution in [0.4, 0.5) is 0 Å². The summed E-state index contributed by atoms with van der Waals surface area (Å²) in [4.78, 5) is 24.0. The molecule has 1 aliphatic rings. The zero-order chi connectivity index (χ0) is 15.5. The Morgan fingerprint density at radius 2 is 1.77 bits per heavy atom. The largest absolute Gasteiger partial charge is 0.494 e. The highest BCUT2D eigenvalue weighted by Crippen LogP contribution is 2.26. The molecule has 0 saturated heterocycles. The summed E-state index contributed by atoms with van der Waals surface area (Å²) in [7, 11) is 0. The molecule has 0 atom stereocenters. The molecule has 0 aliphatic carbocycles. The predicted octanol–water partition coefficient (Wildman–Crippen LogP) is 2.90. The van der Waals surface area contributed by atoms with Crippen molar-refractivity contribution in [1.29, 1.82) is 0 Å². The molecule has 0 bridgehead atoms. The van der Waals surface area contributed by atoms with Gasteiger partial charge in [-0.15, -0.1) is 0 Å². The molecule has 4 heteroatoms. The number of carbonyl (C=O) groups is 2. The lowest BCUT2D eigenvalue weighted by atomic mass is 9.93. The summed E-state index contributed by atoms with van der Waals surface area (Å²) in [5, 5.41) is 2.37. The number of fused-ring (bicyclic) bond motifs is 1. The molecule has 110 valence electrons. The van der Waals surface area contributed by atoms with Gasteiger partial charge in [0.2, 0.25) is 0 Å². The van der Waals surface area contributed by atoms with Gasteiger partial charge in [-0.1, -0.05) is 30.3 Å². The highest BCUT2D eigenvalue weighted by Gasteiger charge is 2.26. The summed E-state index contributed by atoms with van der Waals surface area (Å²) in [6.45, 7) is 2.50. The SMILES string of the molecule is CCOc1cccc(/C=C2\C(=O)NC(=O)c3ccccc32)c1. The van der Waals surface area contributed by atoms with E-state index in [9.17, 15) is 9.59 Å². The Kier molecular flexibility index (Phi) is 3.74. The molecule has 0 saturated carbocycles. The minimum atomic E-state index is -0.384. The van der Waals surface area contributed by atoms with E-state index in [1.54, 1.807) is 24.3 Å². The second-order valence-electron chi connectivity index (χ2n) is 4.89. The van der Waals surface area contributed by atoms with Crippen LogP contribution in [-0.2, 0) is 4.79 Å². The summed E-state index contributed by atoms with van der Waals surface area (Å²) in [6.07, 6.45) is 1.77. The fraction of sp³-hybridized carbons (Fsp3) is 0.111. The highest BCUT2D eigenvalue weighted by molar-refractivity contribution is 6.33. The molecule has 1 N–H and O–H groups in total. The van der Waals surface area contributed by atoms with E-state index in [0.717, 1.165) is 11.3 Å². The molecule has 2 amide bonds. The van der Waals surface area contributed by atoms with Crippen molar-refractivity contribution in [2.75, 3.05) is 6.61 Å². The average Bonchev–Trinajstić information content (AvgIpc) is 2.52. The summed E-state index contributed by atoms with van der Waals surface area (Å²) < 4.78 is 5.47. The smallest absolute Gasteiger partial charge is 0.258 e. The van der Waals surface area contributed by atoms with Crippen LogP contribution in [0.3, 0.4) is 0 Å². The van der Waals surface area contributed by atoms with Crippen LogP contribution in [0.1, 0.15) is 28.4 Å². The topological polar surface area (TPSA) is 55.4 Å². The molecule has 1 aliphatic heterocycles. The highest BCUT2D eigenvalue weighted by atomic mass is 16.5. The number of imide groups is 1. The molecule has 2 aromatic rings. The molecule has 0 unspecified atom stereocenters. The van der Waals surface area contributed by atoms with E-state index in [1.165, 1.54) is 0 Å². The average molecular weight is 293 g/mol. The third-order valence-corrected chi connectivity index (χ3v) is 3.41. The van der Waals surface area contributed by atoms with Crippen molar-refractivity contribution in [1.82, 2.24) is 5.32 Å². The molecule has 4 nitrogen and oxygen atoms in total. The van der Waals surface area contributed by atoms with E-state index in [4.69, 9.17) is 4.74 Å². The quantitative estimate of drug-likeness (QED) is 0.699. The Morgan fingerprint density at radius 3 is 2.55 bits per heavy atom. The van der Waals surface area contributed by atoms with Gasteiger partial charge in [0.05, 0.1) is 6.61 Å². The number of rotatable bonds is 3. The maximum Gasteiger partial charge on any atom is 0.258 e. The molecular formula is C18H15NO3. The molecule has 0 aromatic heterocycles. The second kappa shape index (κ2) is 5.85. The summed E-state index contributed by atoms with van der Waals surface area (Å²) >= 11 is 0. The van der Waals surface area contributed by atoms with Crippen LogP contribution in [0.5, 0.6) is 5.75 Å². The van der Waals surface area contributed by atoms with E-state index < -0.39 is 0 Å². The van der Waals surface area contributed by atoms with Crippen molar-refractivity contribution < 1.29 is 14.3 Å². The maximum atomic E-state index is 12.2. The standard InChI is InChI=1S/C18H15NO3/c1-2-22-13-7-5-6-12(10-13)11-16-14-8-3-4-9-15(14)17(20)19-18(16)21/h3-11H,2H2,1H3,(H,19,20,21)/b16-11-. The van der Waals surface area contributed by atoms with E-state index in [2.05, 4.69) is 5.32 Å². The van der Waals surface area contributed by atoms with Gasteiger partial charge in [-0.3, -0.25) is 14.9 Å². The Morgan fingerprint density at radius 1 is 1.00 bits per heavy atom. The van der Waals surface area contributed by atoms with Crippen LogP contribution in [0, 0.1) is 0 Å². The van der Waals surface area contributed by atoms with Crippen LogP contribution < -0.4 is 10.1 Å². The Balaban J connectivity index is 2.07. The first-order valence-corrected chi connectivity index (χ1v) is 7.08. The fourth-order valence-electron chi connectivity index (χ4n) is 2.45. The van der Waals surface area contributed by atoms with Gasteiger partial charge < -0.3 is 4.74 Å². The first kappa shape index (κ1) is 14.1. The first-order valence-electron chi connectivity index (χ1n) is 7.08.